The fourth-order valence-corrected chi connectivity index (χ4v) is 1.28. The van der Waals surface area contributed by atoms with Crippen molar-refractivity contribution in [2.24, 2.45) is 0 Å². The first-order valence-electron chi connectivity index (χ1n) is 3.76. The van der Waals surface area contributed by atoms with Crippen molar-refractivity contribution >= 4 is 15.9 Å². The number of hydrogen-bond acceptors (Lipinski definition) is 3. The molecule has 0 amide bonds. The Kier molecular flexibility index (Phi) is 2.10. The van der Waals surface area contributed by atoms with Crippen molar-refractivity contribution in [2.45, 2.75) is 6.92 Å². The third-order valence-corrected chi connectivity index (χ3v) is 2.14. The molecule has 66 valence electrons. The van der Waals surface area contributed by atoms with Crippen molar-refractivity contribution in [3.8, 4) is 5.69 Å². The maximum atomic E-state index is 4.10. The molecule has 0 spiro atoms. The number of pyridine rings is 1. The minimum absolute atomic E-state index is 0.814. The van der Waals surface area contributed by atoms with Gasteiger partial charge in [-0.05, 0) is 35.0 Å². The lowest BCUT2D eigenvalue weighted by atomic mass is 10.4. The molecule has 4 nitrogen and oxygen atoms in total. The molecule has 0 N–H and O–H groups in total. The lowest BCUT2D eigenvalue weighted by Gasteiger charge is -2.01. The van der Waals surface area contributed by atoms with Crippen LogP contribution in [0.15, 0.2) is 29.3 Å². The molecule has 0 aliphatic carbocycles. The van der Waals surface area contributed by atoms with E-state index in [0.29, 0.717) is 0 Å². The molecule has 0 saturated heterocycles. The highest BCUT2D eigenvalue weighted by molar-refractivity contribution is 9.10. The van der Waals surface area contributed by atoms with Crippen LogP contribution in [0.4, 0.5) is 0 Å². The topological polar surface area (TPSA) is 43.6 Å². The Bertz CT molecular complexity index is 406. The summed E-state index contributed by atoms with van der Waals surface area (Å²) < 4.78 is 2.55. The van der Waals surface area contributed by atoms with E-state index in [-0.39, 0.29) is 0 Å². The van der Waals surface area contributed by atoms with Crippen LogP contribution in [0.5, 0.6) is 0 Å². The van der Waals surface area contributed by atoms with Crippen LogP contribution in [0.3, 0.4) is 0 Å². The molecule has 0 fully saturated rings. The van der Waals surface area contributed by atoms with Crippen LogP contribution in [0.25, 0.3) is 5.69 Å². The zero-order valence-corrected chi connectivity index (χ0v) is 8.56. The van der Waals surface area contributed by atoms with Gasteiger partial charge in [0, 0.05) is 0 Å². The summed E-state index contributed by atoms with van der Waals surface area (Å²) in [5, 5.41) is 4.07. The van der Waals surface area contributed by atoms with Gasteiger partial charge < -0.3 is 0 Å². The molecule has 0 aliphatic heterocycles. The van der Waals surface area contributed by atoms with Crippen LogP contribution in [0.2, 0.25) is 0 Å². The zero-order valence-electron chi connectivity index (χ0n) is 6.98. The van der Waals surface area contributed by atoms with E-state index in [2.05, 4.69) is 31.0 Å². The SMILES string of the molecule is Cc1ncnn1-c1ccc(Br)nc1. The molecule has 0 saturated carbocycles. The second kappa shape index (κ2) is 3.26. The van der Waals surface area contributed by atoms with Gasteiger partial charge in [0.25, 0.3) is 0 Å². The van der Waals surface area contributed by atoms with E-state index >= 15 is 0 Å². The smallest absolute Gasteiger partial charge is 0.138 e. The van der Waals surface area contributed by atoms with Gasteiger partial charge in [0.1, 0.15) is 16.8 Å². The lowest BCUT2D eigenvalue weighted by molar-refractivity contribution is 0.834. The number of hydrogen-bond donors (Lipinski definition) is 0. The Labute approximate surface area is 83.8 Å². The normalized spacial score (nSPS) is 10.3. The van der Waals surface area contributed by atoms with Crippen LogP contribution in [0.1, 0.15) is 5.82 Å². The van der Waals surface area contributed by atoms with E-state index < -0.39 is 0 Å². The predicted molar refractivity (Wildman–Crippen MR) is 51.6 cm³/mol. The molecular formula is C8H7BrN4. The fourth-order valence-electron chi connectivity index (χ4n) is 1.05. The fraction of sp³-hybridized carbons (Fsp3) is 0.125. The van der Waals surface area contributed by atoms with Gasteiger partial charge in [-0.15, -0.1) is 0 Å². The highest BCUT2D eigenvalue weighted by Gasteiger charge is 2.00. The van der Waals surface area contributed by atoms with Crippen molar-refractivity contribution < 1.29 is 0 Å². The van der Waals surface area contributed by atoms with E-state index in [9.17, 15) is 0 Å². The second-order valence-electron chi connectivity index (χ2n) is 2.56. The van der Waals surface area contributed by atoms with Gasteiger partial charge in [-0.25, -0.2) is 14.6 Å². The largest absolute Gasteiger partial charge is 0.247 e. The average molecular weight is 239 g/mol. The summed E-state index contributed by atoms with van der Waals surface area (Å²) in [6.07, 6.45) is 3.27. The molecular weight excluding hydrogens is 232 g/mol. The second-order valence-corrected chi connectivity index (χ2v) is 3.37. The van der Waals surface area contributed by atoms with Crippen LogP contribution < -0.4 is 0 Å². The summed E-state index contributed by atoms with van der Waals surface area (Å²) in [6, 6.07) is 3.80. The van der Waals surface area contributed by atoms with E-state index in [4.69, 9.17) is 0 Å². The van der Waals surface area contributed by atoms with Crippen molar-refractivity contribution in [1.82, 2.24) is 19.7 Å². The van der Waals surface area contributed by atoms with E-state index in [0.717, 1.165) is 16.1 Å². The van der Waals surface area contributed by atoms with Crippen LogP contribution >= 0.6 is 15.9 Å². The quantitative estimate of drug-likeness (QED) is 0.712. The van der Waals surface area contributed by atoms with Gasteiger partial charge in [0.15, 0.2) is 0 Å². The zero-order chi connectivity index (χ0) is 9.26. The summed E-state index contributed by atoms with van der Waals surface area (Å²) >= 11 is 3.27. The van der Waals surface area contributed by atoms with Gasteiger partial charge in [-0.2, -0.15) is 5.10 Å². The van der Waals surface area contributed by atoms with Crippen LogP contribution in [0, 0.1) is 6.92 Å². The third-order valence-electron chi connectivity index (χ3n) is 1.67. The van der Waals surface area contributed by atoms with Crippen molar-refractivity contribution in [2.75, 3.05) is 0 Å². The number of aromatic nitrogens is 4. The monoisotopic (exact) mass is 238 g/mol. The molecule has 0 aliphatic rings. The summed E-state index contributed by atoms with van der Waals surface area (Å²) in [7, 11) is 0. The molecule has 2 aromatic heterocycles. The summed E-state index contributed by atoms with van der Waals surface area (Å²) in [4.78, 5) is 8.13. The summed E-state index contributed by atoms with van der Waals surface area (Å²) in [6.45, 7) is 1.90. The van der Waals surface area contributed by atoms with Gasteiger partial charge in [0.05, 0.1) is 11.9 Å². The van der Waals surface area contributed by atoms with E-state index in [1.165, 1.54) is 6.33 Å². The van der Waals surface area contributed by atoms with Crippen molar-refractivity contribution in [3.05, 3.63) is 35.1 Å². The van der Waals surface area contributed by atoms with Gasteiger partial charge in [0.2, 0.25) is 0 Å². The maximum absolute atomic E-state index is 4.10. The molecule has 0 atom stereocenters. The Morgan fingerprint density at radius 1 is 1.31 bits per heavy atom. The Hall–Kier alpha value is -1.23. The van der Waals surface area contributed by atoms with Gasteiger partial charge >= 0.3 is 0 Å². The number of aryl methyl sites for hydroxylation is 1. The standard InChI is InChI=1S/C8H7BrN4/c1-6-11-5-12-13(6)7-2-3-8(9)10-4-7/h2-5H,1H3. The number of nitrogens with zero attached hydrogens (tertiary/aromatic N) is 4. The third kappa shape index (κ3) is 1.60. The minimum atomic E-state index is 0.814. The van der Waals surface area contributed by atoms with Gasteiger partial charge in [-0.1, -0.05) is 0 Å². The van der Waals surface area contributed by atoms with E-state index in [1.807, 2.05) is 19.1 Å². The first-order chi connectivity index (χ1) is 6.27. The number of halogens is 1. The first kappa shape index (κ1) is 8.37. The molecule has 0 unspecified atom stereocenters. The molecule has 2 rings (SSSR count). The highest BCUT2D eigenvalue weighted by atomic mass is 79.9. The molecule has 0 bridgehead atoms. The summed E-state index contributed by atoms with van der Waals surface area (Å²) in [5.41, 5.74) is 0.915. The molecule has 5 heteroatoms. The minimum Gasteiger partial charge on any atom is -0.247 e. The summed E-state index contributed by atoms with van der Waals surface area (Å²) in [5.74, 6) is 0.851. The first-order valence-corrected chi connectivity index (χ1v) is 4.55. The number of rotatable bonds is 1. The molecule has 0 radical (unpaired) electrons. The molecule has 13 heavy (non-hydrogen) atoms. The highest BCUT2D eigenvalue weighted by Crippen LogP contribution is 2.10. The average Bonchev–Trinajstić information content (AvgIpc) is 2.53. The Morgan fingerprint density at radius 2 is 2.15 bits per heavy atom. The Morgan fingerprint density at radius 3 is 2.69 bits per heavy atom. The lowest BCUT2D eigenvalue weighted by Crippen LogP contribution is -1.99. The Balaban J connectivity index is 2.47. The van der Waals surface area contributed by atoms with Gasteiger partial charge in [-0.3, -0.25) is 0 Å². The maximum Gasteiger partial charge on any atom is 0.138 e. The van der Waals surface area contributed by atoms with Crippen molar-refractivity contribution in [3.63, 3.8) is 0 Å². The molecule has 2 heterocycles. The predicted octanol–water partition coefficient (Wildman–Crippen LogP) is 1.73. The molecule has 2 aromatic rings. The molecule has 0 aromatic carbocycles. The van der Waals surface area contributed by atoms with Crippen LogP contribution in [-0.2, 0) is 0 Å². The van der Waals surface area contributed by atoms with Crippen LogP contribution in [-0.4, -0.2) is 19.7 Å². The van der Waals surface area contributed by atoms with Crippen molar-refractivity contribution in [1.29, 1.82) is 0 Å². The van der Waals surface area contributed by atoms with E-state index in [1.54, 1.807) is 10.9 Å².